The molecule has 0 bridgehead atoms. The SMILES string of the molecule is O=C(CC(Cc1ccccc1)NC(=O)[C@@H]1CCCN1)N[C@@H](Cc1ccccc1)C(=O)N1CCC[C@H]1C(=O)O. The molecule has 202 valence electrons. The molecule has 4 rings (SSSR count). The average Bonchev–Trinajstić information content (AvgIpc) is 3.62. The maximum atomic E-state index is 13.5. The zero-order chi connectivity index (χ0) is 26.9. The van der Waals surface area contributed by atoms with E-state index in [-0.39, 0.29) is 30.7 Å². The maximum Gasteiger partial charge on any atom is 0.326 e. The summed E-state index contributed by atoms with van der Waals surface area (Å²) in [5.74, 6) is -1.93. The van der Waals surface area contributed by atoms with Crippen LogP contribution in [0, 0.1) is 0 Å². The summed E-state index contributed by atoms with van der Waals surface area (Å²) >= 11 is 0. The molecule has 2 aromatic carbocycles. The fraction of sp³-hybridized carbons (Fsp3) is 0.448. The number of nitrogens with zero attached hydrogens (tertiary/aromatic N) is 1. The van der Waals surface area contributed by atoms with Crippen molar-refractivity contribution in [2.45, 2.75) is 69.1 Å². The van der Waals surface area contributed by atoms with Crippen LogP contribution in [0.2, 0.25) is 0 Å². The van der Waals surface area contributed by atoms with E-state index in [1.165, 1.54) is 4.90 Å². The van der Waals surface area contributed by atoms with E-state index >= 15 is 0 Å². The minimum atomic E-state index is -1.04. The smallest absolute Gasteiger partial charge is 0.326 e. The molecule has 4 atom stereocenters. The monoisotopic (exact) mass is 520 g/mol. The first-order valence-corrected chi connectivity index (χ1v) is 13.3. The summed E-state index contributed by atoms with van der Waals surface area (Å²) in [6.45, 7) is 1.14. The van der Waals surface area contributed by atoms with Crippen LogP contribution in [0.3, 0.4) is 0 Å². The Labute approximate surface area is 223 Å². The number of aliphatic carboxylic acids is 1. The lowest BCUT2D eigenvalue weighted by Gasteiger charge is -2.28. The fourth-order valence-corrected chi connectivity index (χ4v) is 5.30. The highest BCUT2D eigenvalue weighted by molar-refractivity contribution is 5.91. The first-order chi connectivity index (χ1) is 18.4. The number of carboxylic acids is 1. The molecule has 0 saturated carbocycles. The Hall–Kier alpha value is -3.72. The number of carboxylic acid groups (broad SMARTS) is 1. The zero-order valence-electron chi connectivity index (χ0n) is 21.5. The molecule has 2 heterocycles. The van der Waals surface area contributed by atoms with E-state index in [9.17, 15) is 24.3 Å². The molecule has 0 spiro atoms. The third kappa shape index (κ3) is 7.41. The van der Waals surface area contributed by atoms with Crippen molar-refractivity contribution in [1.82, 2.24) is 20.9 Å². The van der Waals surface area contributed by atoms with Gasteiger partial charge in [-0.15, -0.1) is 0 Å². The Balaban J connectivity index is 1.48. The van der Waals surface area contributed by atoms with Crippen molar-refractivity contribution in [1.29, 1.82) is 0 Å². The van der Waals surface area contributed by atoms with Gasteiger partial charge in [-0.05, 0) is 49.8 Å². The van der Waals surface area contributed by atoms with Crippen LogP contribution in [0.5, 0.6) is 0 Å². The van der Waals surface area contributed by atoms with Crippen LogP contribution in [0.4, 0.5) is 0 Å². The highest BCUT2D eigenvalue weighted by Gasteiger charge is 2.38. The molecule has 2 aliphatic rings. The molecule has 2 fully saturated rings. The van der Waals surface area contributed by atoms with E-state index in [4.69, 9.17) is 0 Å². The summed E-state index contributed by atoms with van der Waals surface area (Å²) in [5.41, 5.74) is 1.85. The van der Waals surface area contributed by atoms with Crippen LogP contribution in [-0.2, 0) is 32.0 Å². The van der Waals surface area contributed by atoms with E-state index in [0.717, 1.165) is 30.5 Å². The van der Waals surface area contributed by atoms with E-state index in [1.807, 2.05) is 60.7 Å². The standard InChI is InChI=1S/C29H36N4O5/c34-26(19-22(17-20-9-3-1-4-10-20)31-27(35)23-13-7-15-30-23)32-24(18-21-11-5-2-6-12-21)28(36)33-16-8-14-25(33)29(37)38/h1-6,9-12,22-25,30H,7-8,13-19H2,(H,31,35)(H,32,34)(H,37,38)/t22?,23-,24-,25-/m0/s1. The molecular weight excluding hydrogens is 484 g/mol. The quantitative estimate of drug-likeness (QED) is 0.357. The van der Waals surface area contributed by atoms with Crippen molar-refractivity contribution in [3.8, 4) is 0 Å². The van der Waals surface area contributed by atoms with E-state index in [2.05, 4.69) is 16.0 Å². The van der Waals surface area contributed by atoms with Gasteiger partial charge in [0, 0.05) is 25.4 Å². The highest BCUT2D eigenvalue weighted by Crippen LogP contribution is 2.20. The van der Waals surface area contributed by atoms with Crippen molar-refractivity contribution < 1.29 is 24.3 Å². The minimum absolute atomic E-state index is 0.00567. The molecule has 0 aromatic heterocycles. The van der Waals surface area contributed by atoms with E-state index in [1.54, 1.807) is 0 Å². The van der Waals surface area contributed by atoms with Gasteiger partial charge >= 0.3 is 5.97 Å². The van der Waals surface area contributed by atoms with Gasteiger partial charge in [-0.1, -0.05) is 60.7 Å². The van der Waals surface area contributed by atoms with E-state index in [0.29, 0.717) is 25.8 Å². The molecule has 3 amide bonds. The minimum Gasteiger partial charge on any atom is -0.480 e. The molecule has 2 saturated heterocycles. The van der Waals surface area contributed by atoms with Gasteiger partial charge in [-0.3, -0.25) is 14.4 Å². The number of benzene rings is 2. The molecule has 0 radical (unpaired) electrons. The molecule has 1 unspecified atom stereocenters. The third-order valence-electron chi connectivity index (χ3n) is 7.22. The molecule has 2 aliphatic heterocycles. The Morgan fingerprint density at radius 1 is 0.895 bits per heavy atom. The van der Waals surface area contributed by atoms with Crippen molar-refractivity contribution in [2.24, 2.45) is 0 Å². The summed E-state index contributed by atoms with van der Waals surface area (Å²) < 4.78 is 0. The average molecular weight is 521 g/mol. The van der Waals surface area contributed by atoms with Crippen LogP contribution >= 0.6 is 0 Å². The van der Waals surface area contributed by atoms with Gasteiger partial charge in [-0.25, -0.2) is 4.79 Å². The highest BCUT2D eigenvalue weighted by atomic mass is 16.4. The molecular formula is C29H36N4O5. The van der Waals surface area contributed by atoms with Gasteiger partial charge in [-0.2, -0.15) is 0 Å². The Morgan fingerprint density at radius 2 is 1.55 bits per heavy atom. The lowest BCUT2D eigenvalue weighted by Crippen LogP contribution is -2.54. The van der Waals surface area contributed by atoms with E-state index < -0.39 is 30.0 Å². The van der Waals surface area contributed by atoms with Crippen molar-refractivity contribution >= 4 is 23.7 Å². The normalized spacial score (nSPS) is 20.5. The first-order valence-electron chi connectivity index (χ1n) is 13.3. The van der Waals surface area contributed by atoms with Crippen LogP contribution < -0.4 is 16.0 Å². The van der Waals surface area contributed by atoms with Crippen molar-refractivity contribution in [3.63, 3.8) is 0 Å². The van der Waals surface area contributed by atoms with Gasteiger partial charge in [0.2, 0.25) is 17.7 Å². The second-order valence-electron chi connectivity index (χ2n) is 10.1. The summed E-state index contributed by atoms with van der Waals surface area (Å²) in [6, 6.07) is 16.4. The lowest BCUT2D eigenvalue weighted by atomic mass is 10.0. The van der Waals surface area contributed by atoms with Crippen molar-refractivity contribution in [2.75, 3.05) is 13.1 Å². The van der Waals surface area contributed by atoms with Gasteiger partial charge in [0.1, 0.15) is 12.1 Å². The molecule has 0 aliphatic carbocycles. The molecule has 2 aromatic rings. The second-order valence-corrected chi connectivity index (χ2v) is 10.1. The summed E-state index contributed by atoms with van der Waals surface area (Å²) in [4.78, 5) is 52.8. The molecule has 4 N–H and O–H groups in total. The number of rotatable bonds is 11. The van der Waals surface area contributed by atoms with Crippen molar-refractivity contribution in [3.05, 3.63) is 71.8 Å². The second kappa shape index (κ2) is 13.2. The van der Waals surface area contributed by atoms with Gasteiger partial charge in [0.25, 0.3) is 0 Å². The first kappa shape index (κ1) is 27.3. The number of amides is 3. The lowest BCUT2D eigenvalue weighted by molar-refractivity contribution is -0.149. The predicted octanol–water partition coefficient (Wildman–Crippen LogP) is 1.66. The number of carbonyl (C=O) groups is 4. The molecule has 38 heavy (non-hydrogen) atoms. The summed E-state index contributed by atoms with van der Waals surface area (Å²) in [5, 5.41) is 18.7. The molecule has 9 heteroatoms. The van der Waals surface area contributed by atoms with Crippen LogP contribution in [0.15, 0.2) is 60.7 Å². The maximum absolute atomic E-state index is 13.5. The van der Waals surface area contributed by atoms with Crippen LogP contribution in [-0.4, -0.2) is 71.0 Å². The number of likely N-dealkylation sites (tertiary alicyclic amines) is 1. The van der Waals surface area contributed by atoms with Crippen LogP contribution in [0.25, 0.3) is 0 Å². The molecule has 9 nitrogen and oxygen atoms in total. The Morgan fingerprint density at radius 3 is 2.16 bits per heavy atom. The number of nitrogens with one attached hydrogen (secondary N) is 3. The number of carbonyl (C=O) groups excluding carboxylic acids is 3. The van der Waals surface area contributed by atoms with Gasteiger partial charge in [0.15, 0.2) is 0 Å². The van der Waals surface area contributed by atoms with Gasteiger partial charge < -0.3 is 26.0 Å². The third-order valence-corrected chi connectivity index (χ3v) is 7.22. The Kier molecular flexibility index (Phi) is 9.48. The fourth-order valence-electron chi connectivity index (χ4n) is 5.30. The largest absolute Gasteiger partial charge is 0.480 e. The number of hydrogen-bond acceptors (Lipinski definition) is 5. The zero-order valence-corrected chi connectivity index (χ0v) is 21.5. The number of hydrogen-bond donors (Lipinski definition) is 4. The summed E-state index contributed by atoms with van der Waals surface area (Å²) in [7, 11) is 0. The topological polar surface area (TPSA) is 128 Å². The summed E-state index contributed by atoms with van der Waals surface area (Å²) in [6.07, 6.45) is 3.40. The predicted molar refractivity (Wildman–Crippen MR) is 142 cm³/mol. The van der Waals surface area contributed by atoms with Crippen LogP contribution in [0.1, 0.15) is 43.2 Å². The Bertz CT molecular complexity index is 1100. The van der Waals surface area contributed by atoms with Gasteiger partial charge in [0.05, 0.1) is 6.04 Å².